The van der Waals surface area contributed by atoms with E-state index in [1.165, 1.54) is 0 Å². The van der Waals surface area contributed by atoms with E-state index in [2.05, 4.69) is 0 Å². The van der Waals surface area contributed by atoms with Gasteiger partial charge in [0.05, 0.1) is 26.4 Å². The molecule has 2 aromatic rings. The Kier molecular flexibility index (Phi) is 5.20. The fraction of sp³-hybridized carbons (Fsp3) is 0.294. The van der Waals surface area contributed by atoms with Crippen LogP contribution in [0.4, 0.5) is 0 Å². The molecule has 0 aliphatic carbocycles. The van der Waals surface area contributed by atoms with Crippen molar-refractivity contribution in [3.05, 3.63) is 59.7 Å². The lowest BCUT2D eigenvalue weighted by atomic mass is 9.96. The summed E-state index contributed by atoms with van der Waals surface area (Å²) in [6, 6.07) is 14.7. The number of methoxy groups -OCH3 is 2. The zero-order chi connectivity index (χ0) is 15.2. The number of aliphatic hydroxyl groups excluding tert-OH is 1. The normalized spacial score (nSPS) is 13.5. The van der Waals surface area contributed by atoms with Crippen LogP contribution < -0.4 is 15.2 Å². The Labute approximate surface area is 125 Å². The molecular weight excluding hydrogens is 266 g/mol. The molecule has 4 heteroatoms. The van der Waals surface area contributed by atoms with Crippen molar-refractivity contribution in [2.45, 2.75) is 18.6 Å². The summed E-state index contributed by atoms with van der Waals surface area (Å²) in [6.45, 7) is 0. The SMILES string of the molecule is COc1ccc([C@H](N)[C@H](O)Cc2ccccc2)c(OC)c1. The summed E-state index contributed by atoms with van der Waals surface area (Å²) in [5.41, 5.74) is 8.00. The van der Waals surface area contributed by atoms with E-state index in [0.29, 0.717) is 17.9 Å². The highest BCUT2D eigenvalue weighted by Gasteiger charge is 2.21. The fourth-order valence-corrected chi connectivity index (χ4v) is 2.28. The second-order valence-corrected chi connectivity index (χ2v) is 4.89. The van der Waals surface area contributed by atoms with E-state index in [1.807, 2.05) is 42.5 Å². The van der Waals surface area contributed by atoms with Crippen molar-refractivity contribution >= 4 is 0 Å². The van der Waals surface area contributed by atoms with Gasteiger partial charge < -0.3 is 20.3 Å². The van der Waals surface area contributed by atoms with Gasteiger partial charge in [0.1, 0.15) is 11.5 Å². The molecule has 0 aromatic heterocycles. The number of rotatable bonds is 6. The van der Waals surface area contributed by atoms with Crippen molar-refractivity contribution in [2.24, 2.45) is 5.73 Å². The molecule has 0 radical (unpaired) electrons. The molecule has 4 nitrogen and oxygen atoms in total. The Balaban J connectivity index is 2.17. The third kappa shape index (κ3) is 3.74. The summed E-state index contributed by atoms with van der Waals surface area (Å²) < 4.78 is 10.5. The Morgan fingerprint density at radius 1 is 1.05 bits per heavy atom. The van der Waals surface area contributed by atoms with Gasteiger partial charge in [-0.2, -0.15) is 0 Å². The first kappa shape index (κ1) is 15.4. The average Bonchev–Trinajstić information content (AvgIpc) is 2.54. The first-order chi connectivity index (χ1) is 10.2. The van der Waals surface area contributed by atoms with E-state index in [1.54, 1.807) is 20.3 Å². The van der Waals surface area contributed by atoms with Crippen molar-refractivity contribution in [3.63, 3.8) is 0 Å². The van der Waals surface area contributed by atoms with Gasteiger partial charge in [0.15, 0.2) is 0 Å². The minimum atomic E-state index is -0.685. The lowest BCUT2D eigenvalue weighted by Crippen LogP contribution is -2.28. The van der Waals surface area contributed by atoms with E-state index in [9.17, 15) is 5.11 Å². The summed E-state index contributed by atoms with van der Waals surface area (Å²) in [5, 5.41) is 10.4. The van der Waals surface area contributed by atoms with Crippen LogP contribution in [0.2, 0.25) is 0 Å². The number of nitrogens with two attached hydrogens (primary N) is 1. The summed E-state index contributed by atoms with van der Waals surface area (Å²) in [4.78, 5) is 0. The highest BCUT2D eigenvalue weighted by atomic mass is 16.5. The Morgan fingerprint density at radius 2 is 1.76 bits per heavy atom. The smallest absolute Gasteiger partial charge is 0.127 e. The summed E-state index contributed by atoms with van der Waals surface area (Å²) in [7, 11) is 3.17. The maximum absolute atomic E-state index is 10.4. The minimum Gasteiger partial charge on any atom is -0.497 e. The van der Waals surface area contributed by atoms with Crippen LogP contribution in [0.5, 0.6) is 11.5 Å². The lowest BCUT2D eigenvalue weighted by Gasteiger charge is -2.21. The first-order valence-corrected chi connectivity index (χ1v) is 6.85. The zero-order valence-electron chi connectivity index (χ0n) is 12.3. The van der Waals surface area contributed by atoms with Crippen molar-refractivity contribution in [1.82, 2.24) is 0 Å². The molecule has 0 amide bonds. The van der Waals surface area contributed by atoms with Crippen molar-refractivity contribution in [3.8, 4) is 11.5 Å². The van der Waals surface area contributed by atoms with Crippen LogP contribution >= 0.6 is 0 Å². The van der Waals surface area contributed by atoms with Crippen molar-refractivity contribution < 1.29 is 14.6 Å². The molecule has 0 heterocycles. The number of hydrogen-bond acceptors (Lipinski definition) is 4. The van der Waals surface area contributed by atoms with Gasteiger partial charge in [-0.25, -0.2) is 0 Å². The van der Waals surface area contributed by atoms with Gasteiger partial charge in [0, 0.05) is 18.1 Å². The maximum atomic E-state index is 10.4. The third-order valence-electron chi connectivity index (χ3n) is 3.50. The molecule has 0 fully saturated rings. The van der Waals surface area contributed by atoms with Crippen LogP contribution in [0.25, 0.3) is 0 Å². The zero-order valence-corrected chi connectivity index (χ0v) is 12.3. The van der Waals surface area contributed by atoms with Gasteiger partial charge in [-0.1, -0.05) is 30.3 Å². The average molecular weight is 287 g/mol. The Hall–Kier alpha value is -2.04. The monoisotopic (exact) mass is 287 g/mol. The van der Waals surface area contributed by atoms with Crippen LogP contribution in [0.15, 0.2) is 48.5 Å². The largest absolute Gasteiger partial charge is 0.497 e. The number of aliphatic hydroxyl groups is 1. The summed E-state index contributed by atoms with van der Waals surface area (Å²) in [5.74, 6) is 1.31. The molecule has 2 rings (SSSR count). The van der Waals surface area contributed by atoms with Gasteiger partial charge in [-0.3, -0.25) is 0 Å². The van der Waals surface area contributed by atoms with Crippen molar-refractivity contribution in [1.29, 1.82) is 0 Å². The van der Waals surface area contributed by atoms with Crippen LogP contribution in [-0.4, -0.2) is 25.4 Å². The first-order valence-electron chi connectivity index (χ1n) is 6.85. The van der Waals surface area contributed by atoms with Crippen LogP contribution in [-0.2, 0) is 6.42 Å². The van der Waals surface area contributed by atoms with E-state index >= 15 is 0 Å². The standard InChI is InChI=1S/C17H21NO3/c1-20-13-8-9-14(16(11-13)21-2)17(18)15(19)10-12-6-4-3-5-7-12/h3-9,11,15,17,19H,10,18H2,1-2H3/t15-,17+/m1/s1. The quantitative estimate of drug-likeness (QED) is 0.855. The molecule has 2 atom stereocenters. The molecule has 112 valence electrons. The third-order valence-corrected chi connectivity index (χ3v) is 3.50. The lowest BCUT2D eigenvalue weighted by molar-refractivity contribution is 0.143. The number of ether oxygens (including phenoxy) is 2. The van der Waals surface area contributed by atoms with Gasteiger partial charge in [0.25, 0.3) is 0 Å². The molecule has 0 bridgehead atoms. The number of hydrogen-bond donors (Lipinski definition) is 2. The second kappa shape index (κ2) is 7.11. The molecule has 0 spiro atoms. The molecule has 21 heavy (non-hydrogen) atoms. The summed E-state index contributed by atoms with van der Waals surface area (Å²) in [6.07, 6.45) is -0.188. The summed E-state index contributed by atoms with van der Waals surface area (Å²) >= 11 is 0. The molecule has 0 aliphatic rings. The minimum absolute atomic E-state index is 0.497. The molecule has 3 N–H and O–H groups in total. The second-order valence-electron chi connectivity index (χ2n) is 4.89. The van der Waals surface area contributed by atoms with Crippen LogP contribution in [0, 0.1) is 0 Å². The van der Waals surface area contributed by atoms with E-state index < -0.39 is 12.1 Å². The van der Waals surface area contributed by atoms with Crippen LogP contribution in [0.1, 0.15) is 17.2 Å². The predicted octanol–water partition coefficient (Wildman–Crippen LogP) is 2.31. The number of benzene rings is 2. The molecule has 0 saturated heterocycles. The topological polar surface area (TPSA) is 64.7 Å². The van der Waals surface area contributed by atoms with Crippen molar-refractivity contribution in [2.75, 3.05) is 14.2 Å². The van der Waals surface area contributed by atoms with Gasteiger partial charge in [-0.15, -0.1) is 0 Å². The fourth-order valence-electron chi connectivity index (χ4n) is 2.28. The predicted molar refractivity (Wildman–Crippen MR) is 82.6 cm³/mol. The highest BCUT2D eigenvalue weighted by Crippen LogP contribution is 2.30. The maximum Gasteiger partial charge on any atom is 0.127 e. The molecule has 0 saturated carbocycles. The van der Waals surface area contributed by atoms with E-state index in [0.717, 1.165) is 11.1 Å². The van der Waals surface area contributed by atoms with Crippen LogP contribution in [0.3, 0.4) is 0 Å². The van der Waals surface area contributed by atoms with E-state index in [4.69, 9.17) is 15.2 Å². The molecule has 2 aromatic carbocycles. The van der Waals surface area contributed by atoms with Gasteiger partial charge >= 0.3 is 0 Å². The molecule has 0 unspecified atom stereocenters. The van der Waals surface area contributed by atoms with E-state index in [-0.39, 0.29) is 0 Å². The highest BCUT2D eigenvalue weighted by molar-refractivity contribution is 5.43. The Morgan fingerprint density at radius 3 is 2.38 bits per heavy atom. The van der Waals surface area contributed by atoms with Gasteiger partial charge in [-0.05, 0) is 17.7 Å². The van der Waals surface area contributed by atoms with Gasteiger partial charge in [0.2, 0.25) is 0 Å². The Bertz CT molecular complexity index is 572. The molecule has 0 aliphatic heterocycles. The molecular formula is C17H21NO3.